The second-order valence-electron chi connectivity index (χ2n) is 4.72. The zero-order valence-electron chi connectivity index (χ0n) is 12.6. The smallest absolute Gasteiger partial charge is 0.260 e. The lowest BCUT2D eigenvalue weighted by Gasteiger charge is -2.19. The summed E-state index contributed by atoms with van der Waals surface area (Å²) in [6.07, 6.45) is 0. The molecule has 0 aliphatic heterocycles. The SMILES string of the molecule is CCN(CC)C(=O)COc1ccccc1-c1ccccc1. The minimum absolute atomic E-state index is 0.0165. The van der Waals surface area contributed by atoms with Gasteiger partial charge in [-0.3, -0.25) is 4.79 Å². The number of hydrogen-bond donors (Lipinski definition) is 0. The third-order valence-electron chi connectivity index (χ3n) is 3.44. The van der Waals surface area contributed by atoms with Crippen LogP contribution in [0, 0.1) is 0 Å². The maximum absolute atomic E-state index is 12.0. The summed E-state index contributed by atoms with van der Waals surface area (Å²) in [6.45, 7) is 5.43. The van der Waals surface area contributed by atoms with Crippen molar-refractivity contribution in [2.24, 2.45) is 0 Å². The second kappa shape index (κ2) is 7.48. The molecule has 0 aromatic heterocycles. The van der Waals surface area contributed by atoms with Crippen LogP contribution in [0.4, 0.5) is 0 Å². The van der Waals surface area contributed by atoms with Crippen molar-refractivity contribution in [3.8, 4) is 16.9 Å². The maximum Gasteiger partial charge on any atom is 0.260 e. The molecule has 3 heteroatoms. The first-order valence-electron chi connectivity index (χ1n) is 7.31. The van der Waals surface area contributed by atoms with E-state index < -0.39 is 0 Å². The number of para-hydroxylation sites is 1. The van der Waals surface area contributed by atoms with Crippen LogP contribution in [0.15, 0.2) is 54.6 Å². The Morgan fingerprint density at radius 3 is 2.24 bits per heavy atom. The fourth-order valence-corrected chi connectivity index (χ4v) is 2.26. The van der Waals surface area contributed by atoms with Gasteiger partial charge in [-0.15, -0.1) is 0 Å². The van der Waals surface area contributed by atoms with E-state index in [0.717, 1.165) is 16.9 Å². The van der Waals surface area contributed by atoms with E-state index in [0.29, 0.717) is 13.1 Å². The lowest BCUT2D eigenvalue weighted by Crippen LogP contribution is -2.34. The average molecular weight is 283 g/mol. The molecule has 2 aromatic rings. The predicted octanol–water partition coefficient (Wildman–Crippen LogP) is 3.60. The standard InChI is InChI=1S/C18H21NO2/c1-3-19(4-2)18(20)14-21-17-13-9-8-12-16(17)15-10-6-5-7-11-15/h5-13H,3-4,14H2,1-2H3. The fraction of sp³-hybridized carbons (Fsp3) is 0.278. The van der Waals surface area contributed by atoms with Crippen molar-refractivity contribution in [1.29, 1.82) is 0 Å². The fourth-order valence-electron chi connectivity index (χ4n) is 2.26. The number of rotatable bonds is 6. The number of benzene rings is 2. The third-order valence-corrected chi connectivity index (χ3v) is 3.44. The largest absolute Gasteiger partial charge is 0.483 e. The molecule has 0 radical (unpaired) electrons. The molecule has 0 saturated carbocycles. The van der Waals surface area contributed by atoms with E-state index in [2.05, 4.69) is 0 Å². The van der Waals surface area contributed by atoms with E-state index >= 15 is 0 Å². The van der Waals surface area contributed by atoms with Crippen LogP contribution >= 0.6 is 0 Å². The van der Waals surface area contributed by atoms with Gasteiger partial charge in [-0.25, -0.2) is 0 Å². The minimum Gasteiger partial charge on any atom is -0.483 e. The van der Waals surface area contributed by atoms with Gasteiger partial charge in [0.15, 0.2) is 6.61 Å². The van der Waals surface area contributed by atoms with Gasteiger partial charge < -0.3 is 9.64 Å². The lowest BCUT2D eigenvalue weighted by molar-refractivity contribution is -0.132. The van der Waals surface area contributed by atoms with Gasteiger partial charge in [-0.05, 0) is 25.5 Å². The number of nitrogens with zero attached hydrogens (tertiary/aromatic N) is 1. The molecule has 0 atom stereocenters. The monoisotopic (exact) mass is 283 g/mol. The van der Waals surface area contributed by atoms with Crippen LogP contribution in [0.25, 0.3) is 11.1 Å². The predicted molar refractivity (Wildman–Crippen MR) is 85.3 cm³/mol. The molecule has 0 saturated heterocycles. The molecule has 1 amide bonds. The van der Waals surface area contributed by atoms with E-state index in [9.17, 15) is 4.79 Å². The molecule has 0 heterocycles. The first-order chi connectivity index (χ1) is 10.3. The summed E-state index contributed by atoms with van der Waals surface area (Å²) >= 11 is 0. The zero-order valence-corrected chi connectivity index (χ0v) is 12.6. The van der Waals surface area contributed by atoms with Crippen molar-refractivity contribution in [2.45, 2.75) is 13.8 Å². The molecule has 2 rings (SSSR count). The number of carbonyl (C=O) groups is 1. The molecule has 0 bridgehead atoms. The Morgan fingerprint density at radius 2 is 1.57 bits per heavy atom. The van der Waals surface area contributed by atoms with Crippen LogP contribution < -0.4 is 4.74 Å². The Balaban J connectivity index is 2.13. The highest BCUT2D eigenvalue weighted by Crippen LogP contribution is 2.29. The summed E-state index contributed by atoms with van der Waals surface area (Å²) in [5, 5.41) is 0. The van der Waals surface area contributed by atoms with E-state index in [1.807, 2.05) is 68.4 Å². The minimum atomic E-state index is 0.0165. The van der Waals surface area contributed by atoms with Gasteiger partial charge in [0.1, 0.15) is 5.75 Å². The van der Waals surface area contributed by atoms with Gasteiger partial charge in [0.2, 0.25) is 0 Å². The van der Waals surface area contributed by atoms with Gasteiger partial charge >= 0.3 is 0 Å². The van der Waals surface area contributed by atoms with Crippen molar-refractivity contribution in [1.82, 2.24) is 4.90 Å². The number of amides is 1. The van der Waals surface area contributed by atoms with Crippen LogP contribution in [0.2, 0.25) is 0 Å². The molecule has 0 aliphatic rings. The summed E-state index contributed by atoms with van der Waals surface area (Å²) < 4.78 is 5.75. The quantitative estimate of drug-likeness (QED) is 0.810. The van der Waals surface area contributed by atoms with E-state index in [1.165, 1.54) is 0 Å². The number of hydrogen-bond acceptors (Lipinski definition) is 2. The first kappa shape index (κ1) is 15.1. The summed E-state index contributed by atoms with van der Waals surface area (Å²) in [4.78, 5) is 13.8. The van der Waals surface area contributed by atoms with Crippen LogP contribution in [0.3, 0.4) is 0 Å². The van der Waals surface area contributed by atoms with Crippen molar-refractivity contribution in [3.05, 3.63) is 54.6 Å². The van der Waals surface area contributed by atoms with Crippen molar-refractivity contribution in [3.63, 3.8) is 0 Å². The van der Waals surface area contributed by atoms with Crippen molar-refractivity contribution in [2.75, 3.05) is 19.7 Å². The molecule has 0 unspecified atom stereocenters. The number of likely N-dealkylation sites (N-methyl/N-ethyl adjacent to an activating group) is 1. The average Bonchev–Trinajstić information content (AvgIpc) is 2.55. The van der Waals surface area contributed by atoms with Gasteiger partial charge in [0.25, 0.3) is 5.91 Å². The number of carbonyl (C=O) groups excluding carboxylic acids is 1. The molecule has 2 aromatic carbocycles. The molecule has 110 valence electrons. The van der Waals surface area contributed by atoms with Gasteiger partial charge in [0.05, 0.1) is 0 Å². The Kier molecular flexibility index (Phi) is 5.38. The zero-order chi connectivity index (χ0) is 15.1. The summed E-state index contributed by atoms with van der Waals surface area (Å²) in [6, 6.07) is 17.8. The van der Waals surface area contributed by atoms with Crippen LogP contribution in [-0.4, -0.2) is 30.5 Å². The highest BCUT2D eigenvalue weighted by atomic mass is 16.5. The van der Waals surface area contributed by atoms with Crippen molar-refractivity contribution < 1.29 is 9.53 Å². The molecule has 21 heavy (non-hydrogen) atoms. The third kappa shape index (κ3) is 3.85. The van der Waals surface area contributed by atoms with E-state index in [-0.39, 0.29) is 12.5 Å². The van der Waals surface area contributed by atoms with E-state index in [4.69, 9.17) is 4.74 Å². The molecule has 0 spiro atoms. The Morgan fingerprint density at radius 1 is 0.952 bits per heavy atom. The second-order valence-corrected chi connectivity index (χ2v) is 4.72. The summed E-state index contributed by atoms with van der Waals surface area (Å²) in [7, 11) is 0. The maximum atomic E-state index is 12.0. The van der Waals surface area contributed by atoms with Crippen molar-refractivity contribution >= 4 is 5.91 Å². The Bertz CT molecular complexity index is 577. The van der Waals surface area contributed by atoms with E-state index in [1.54, 1.807) is 4.90 Å². The van der Waals surface area contributed by atoms with Gasteiger partial charge in [0, 0.05) is 18.7 Å². The van der Waals surface area contributed by atoms with Crippen LogP contribution in [-0.2, 0) is 4.79 Å². The lowest BCUT2D eigenvalue weighted by atomic mass is 10.1. The van der Waals surface area contributed by atoms with Crippen LogP contribution in [0.1, 0.15) is 13.8 Å². The summed E-state index contributed by atoms with van der Waals surface area (Å²) in [5.74, 6) is 0.757. The highest BCUT2D eigenvalue weighted by Gasteiger charge is 2.12. The molecule has 0 aliphatic carbocycles. The normalized spacial score (nSPS) is 10.2. The molecular weight excluding hydrogens is 262 g/mol. The number of ether oxygens (including phenoxy) is 1. The molecular formula is C18H21NO2. The van der Waals surface area contributed by atoms with Crippen LogP contribution in [0.5, 0.6) is 5.75 Å². The topological polar surface area (TPSA) is 29.5 Å². The summed E-state index contributed by atoms with van der Waals surface area (Å²) in [5.41, 5.74) is 2.09. The highest BCUT2D eigenvalue weighted by molar-refractivity contribution is 5.78. The van der Waals surface area contributed by atoms with Gasteiger partial charge in [-0.1, -0.05) is 48.5 Å². The molecule has 0 fully saturated rings. The first-order valence-corrected chi connectivity index (χ1v) is 7.31. The Hall–Kier alpha value is -2.29. The van der Waals surface area contributed by atoms with Gasteiger partial charge in [-0.2, -0.15) is 0 Å². The molecule has 0 N–H and O–H groups in total. The Labute approximate surface area is 126 Å². The molecule has 3 nitrogen and oxygen atoms in total.